The summed E-state index contributed by atoms with van der Waals surface area (Å²) in [5.74, 6) is 2.90. The molecule has 10 heteroatoms. The molecule has 0 atom stereocenters. The Hall–Kier alpha value is -2.53. The lowest BCUT2D eigenvalue weighted by Crippen LogP contribution is -2.32. The van der Waals surface area contributed by atoms with Crippen molar-refractivity contribution in [3.8, 4) is 11.5 Å². The molecule has 3 aromatic rings. The van der Waals surface area contributed by atoms with Crippen molar-refractivity contribution in [2.24, 2.45) is 12.0 Å². The molecule has 0 spiro atoms. The van der Waals surface area contributed by atoms with Crippen LogP contribution in [-0.4, -0.2) is 40.5 Å². The molecule has 0 radical (unpaired) electrons. The molecule has 0 aliphatic carbocycles. The predicted octanol–water partition coefficient (Wildman–Crippen LogP) is 4.05. The summed E-state index contributed by atoms with van der Waals surface area (Å²) in [5, 5.41) is 15.5. The van der Waals surface area contributed by atoms with Crippen LogP contribution in [0.1, 0.15) is 17.8 Å². The first-order valence-corrected chi connectivity index (χ1v) is 10.6. The first-order valence-electron chi connectivity index (χ1n) is 10.2. The smallest absolute Gasteiger partial charge is 0.196 e. The van der Waals surface area contributed by atoms with Gasteiger partial charge in [0.1, 0.15) is 12.9 Å². The van der Waals surface area contributed by atoms with Gasteiger partial charge in [-0.05, 0) is 36.2 Å². The van der Waals surface area contributed by atoms with Gasteiger partial charge in [0.25, 0.3) is 0 Å². The number of fused-ring (bicyclic) bond motifs is 1. The first kappa shape index (κ1) is 24.1. The van der Waals surface area contributed by atoms with Crippen LogP contribution in [0.25, 0.3) is 0 Å². The Morgan fingerprint density at radius 1 is 1.16 bits per heavy atom. The van der Waals surface area contributed by atoms with Gasteiger partial charge < -0.3 is 24.7 Å². The van der Waals surface area contributed by atoms with Gasteiger partial charge in [0.15, 0.2) is 23.3 Å². The van der Waals surface area contributed by atoms with Crippen LogP contribution in [0.4, 0.5) is 5.69 Å². The van der Waals surface area contributed by atoms with Gasteiger partial charge in [-0.2, -0.15) is 0 Å². The van der Waals surface area contributed by atoms with Gasteiger partial charge in [-0.15, -0.1) is 34.2 Å². The lowest BCUT2D eigenvalue weighted by atomic mass is 10.1. The van der Waals surface area contributed by atoms with Crippen molar-refractivity contribution in [2.75, 3.05) is 25.1 Å². The lowest BCUT2D eigenvalue weighted by Gasteiger charge is -2.15. The zero-order valence-electron chi connectivity index (χ0n) is 17.8. The molecular formula is C22H26ClIN6O2. The second-order valence-corrected chi connectivity index (χ2v) is 7.60. The fraction of sp³-hybridized carbons (Fsp3) is 0.318. The molecule has 32 heavy (non-hydrogen) atoms. The Balaban J connectivity index is 0.00000289. The number of aliphatic imine (C=N–C) groups is 1. The normalized spacial score (nSPS) is 13.1. The molecule has 8 nitrogen and oxygen atoms in total. The number of anilines is 1. The highest BCUT2D eigenvalue weighted by molar-refractivity contribution is 14.0. The molecule has 2 aromatic carbocycles. The summed E-state index contributed by atoms with van der Waals surface area (Å²) in [4.78, 5) is 4.67. The van der Waals surface area contributed by atoms with E-state index < -0.39 is 0 Å². The molecule has 1 aliphatic rings. The minimum absolute atomic E-state index is 0. The predicted molar refractivity (Wildman–Crippen MR) is 136 cm³/mol. The van der Waals surface area contributed by atoms with Crippen LogP contribution in [-0.2, 0) is 20.0 Å². The molecule has 0 saturated heterocycles. The van der Waals surface area contributed by atoms with Crippen molar-refractivity contribution in [3.05, 3.63) is 65.2 Å². The number of nitrogens with one attached hydrogen (secondary N) is 2. The third kappa shape index (κ3) is 6.73. The molecule has 0 fully saturated rings. The van der Waals surface area contributed by atoms with Crippen LogP contribution in [0.15, 0.2) is 53.8 Å². The summed E-state index contributed by atoms with van der Waals surface area (Å²) in [7, 11) is 1.90. The van der Waals surface area contributed by atoms with Crippen LogP contribution in [0.5, 0.6) is 11.5 Å². The molecule has 4 rings (SSSR count). The van der Waals surface area contributed by atoms with E-state index in [1.54, 1.807) is 6.33 Å². The topological polar surface area (TPSA) is 85.6 Å². The molecule has 0 unspecified atom stereocenters. The van der Waals surface area contributed by atoms with E-state index in [0.717, 1.165) is 46.4 Å². The zero-order valence-corrected chi connectivity index (χ0v) is 20.8. The Morgan fingerprint density at radius 3 is 2.78 bits per heavy atom. The summed E-state index contributed by atoms with van der Waals surface area (Å²) >= 11 is 6.09. The molecule has 0 amide bonds. The van der Waals surface area contributed by atoms with Crippen LogP contribution >= 0.6 is 35.6 Å². The average Bonchev–Trinajstić information content (AvgIpc) is 3.03. The van der Waals surface area contributed by atoms with E-state index >= 15 is 0 Å². The Kier molecular flexibility index (Phi) is 8.98. The van der Waals surface area contributed by atoms with Crippen molar-refractivity contribution in [3.63, 3.8) is 0 Å². The van der Waals surface area contributed by atoms with E-state index in [1.165, 1.54) is 0 Å². The number of aromatic nitrogens is 3. The highest BCUT2D eigenvalue weighted by Crippen LogP contribution is 2.32. The van der Waals surface area contributed by atoms with Gasteiger partial charge in [0.05, 0.1) is 13.2 Å². The third-order valence-corrected chi connectivity index (χ3v) is 5.02. The minimum atomic E-state index is 0. The van der Waals surface area contributed by atoms with Gasteiger partial charge in [-0.1, -0.05) is 23.7 Å². The van der Waals surface area contributed by atoms with Crippen LogP contribution in [0, 0.1) is 0 Å². The first-order chi connectivity index (χ1) is 15.2. The number of aryl methyl sites for hydroxylation is 1. The number of rotatable bonds is 6. The largest absolute Gasteiger partial charge is 0.490 e. The standard InChI is InChI=1S/C22H25ClN6O2.HI/c1-29-15-26-28-21(29)14-25-22(24-9-8-16-4-2-5-17(23)12-16)27-18-6-7-19-20(13-18)31-11-3-10-30-19;/h2,4-7,12-13,15H,3,8-11,14H2,1H3,(H2,24,25,27);1H. The Bertz CT molecular complexity index is 1060. The van der Waals surface area contributed by atoms with E-state index in [1.807, 2.05) is 48.0 Å². The number of hydrogen-bond acceptors (Lipinski definition) is 5. The molecule has 1 aliphatic heterocycles. The van der Waals surface area contributed by atoms with Crippen LogP contribution < -0.4 is 20.1 Å². The van der Waals surface area contributed by atoms with Gasteiger partial charge >= 0.3 is 0 Å². The highest BCUT2D eigenvalue weighted by atomic mass is 127. The fourth-order valence-electron chi connectivity index (χ4n) is 3.14. The highest BCUT2D eigenvalue weighted by Gasteiger charge is 2.12. The van der Waals surface area contributed by atoms with Gasteiger partial charge in [-0.3, -0.25) is 0 Å². The summed E-state index contributed by atoms with van der Waals surface area (Å²) in [5.41, 5.74) is 2.01. The number of hydrogen-bond donors (Lipinski definition) is 2. The van der Waals surface area contributed by atoms with Crippen molar-refractivity contribution in [1.29, 1.82) is 0 Å². The zero-order chi connectivity index (χ0) is 21.5. The summed E-state index contributed by atoms with van der Waals surface area (Å²) in [6.07, 6.45) is 3.34. The molecule has 1 aromatic heterocycles. The fourth-order valence-corrected chi connectivity index (χ4v) is 3.35. The lowest BCUT2D eigenvalue weighted by molar-refractivity contribution is 0.297. The van der Waals surface area contributed by atoms with Gasteiger partial charge in [0.2, 0.25) is 0 Å². The second-order valence-electron chi connectivity index (χ2n) is 7.17. The number of guanidine groups is 1. The minimum Gasteiger partial charge on any atom is -0.490 e. The van der Waals surface area contributed by atoms with E-state index in [0.29, 0.717) is 32.3 Å². The average molecular weight is 569 g/mol. The quantitative estimate of drug-likeness (QED) is 0.265. The van der Waals surface area contributed by atoms with Crippen molar-refractivity contribution in [1.82, 2.24) is 20.1 Å². The monoisotopic (exact) mass is 568 g/mol. The second kappa shape index (κ2) is 11.9. The van der Waals surface area contributed by atoms with Crippen molar-refractivity contribution < 1.29 is 9.47 Å². The number of halogens is 2. The molecular weight excluding hydrogens is 543 g/mol. The number of ether oxygens (including phenoxy) is 2. The van der Waals surface area contributed by atoms with E-state index in [2.05, 4.69) is 31.9 Å². The van der Waals surface area contributed by atoms with E-state index in [-0.39, 0.29) is 24.0 Å². The van der Waals surface area contributed by atoms with Crippen LogP contribution in [0.2, 0.25) is 5.02 Å². The summed E-state index contributed by atoms with van der Waals surface area (Å²) in [6, 6.07) is 13.6. The number of nitrogens with zero attached hydrogens (tertiary/aromatic N) is 4. The SMILES string of the molecule is Cn1cnnc1CN=C(NCCc1cccc(Cl)c1)Nc1ccc2c(c1)OCCCO2.I. The number of benzene rings is 2. The Labute approximate surface area is 209 Å². The van der Waals surface area contributed by atoms with Crippen molar-refractivity contribution >= 4 is 47.2 Å². The maximum Gasteiger partial charge on any atom is 0.196 e. The van der Waals surface area contributed by atoms with Gasteiger partial charge in [0, 0.05) is 36.8 Å². The molecule has 0 saturated carbocycles. The Morgan fingerprint density at radius 2 is 2.00 bits per heavy atom. The molecule has 2 N–H and O–H groups in total. The van der Waals surface area contributed by atoms with Gasteiger partial charge in [-0.25, -0.2) is 4.99 Å². The summed E-state index contributed by atoms with van der Waals surface area (Å²) < 4.78 is 13.4. The van der Waals surface area contributed by atoms with E-state index in [9.17, 15) is 0 Å². The third-order valence-electron chi connectivity index (χ3n) is 4.79. The van der Waals surface area contributed by atoms with Crippen molar-refractivity contribution in [2.45, 2.75) is 19.4 Å². The summed E-state index contributed by atoms with van der Waals surface area (Å²) in [6.45, 7) is 2.39. The molecule has 170 valence electrons. The maximum absolute atomic E-state index is 6.09. The molecule has 2 heterocycles. The molecule has 0 bridgehead atoms. The van der Waals surface area contributed by atoms with Crippen LogP contribution in [0.3, 0.4) is 0 Å². The maximum atomic E-state index is 6.09. The van der Waals surface area contributed by atoms with E-state index in [4.69, 9.17) is 21.1 Å².